The number of aromatic nitrogens is 3. The van der Waals surface area contributed by atoms with E-state index in [1.54, 1.807) is 6.92 Å². The smallest absolute Gasteiger partial charge is 0.295 e. The molecule has 6 nitrogen and oxygen atoms in total. The molecule has 2 aromatic rings. The number of amides is 1. The Kier molecular flexibility index (Phi) is 2.82. The molecule has 1 N–H and O–H groups in total. The number of anilines is 1. The van der Waals surface area contributed by atoms with Gasteiger partial charge in [0, 0.05) is 12.3 Å². The maximum Gasteiger partial charge on any atom is 0.295 e. The molecule has 0 atom stereocenters. The zero-order chi connectivity index (χ0) is 11.5. The van der Waals surface area contributed by atoms with Gasteiger partial charge in [0.05, 0.1) is 5.69 Å². The number of hydrogen-bond acceptors (Lipinski definition) is 5. The third-order valence-corrected chi connectivity index (χ3v) is 1.90. The first-order valence-corrected chi connectivity index (χ1v) is 4.76. The second kappa shape index (κ2) is 4.28. The highest BCUT2D eigenvalue weighted by Gasteiger charge is 2.12. The summed E-state index contributed by atoms with van der Waals surface area (Å²) in [4.78, 5) is 19.1. The molecule has 0 fully saturated rings. The largest absolute Gasteiger partial charge is 0.351 e. The number of carbonyl (C=O) groups excluding carboxylic acids is 1. The average Bonchev–Trinajstić information content (AvgIpc) is 2.65. The first-order valence-electron chi connectivity index (χ1n) is 4.38. The molecule has 0 saturated heterocycles. The summed E-state index contributed by atoms with van der Waals surface area (Å²) in [6.07, 6.45) is 1.44. The van der Waals surface area contributed by atoms with E-state index in [0.29, 0.717) is 11.5 Å². The van der Waals surface area contributed by atoms with Crippen LogP contribution in [0.5, 0.6) is 0 Å². The summed E-state index contributed by atoms with van der Waals surface area (Å²) in [5.74, 6) is -0.0124. The Morgan fingerprint density at radius 3 is 3.00 bits per heavy atom. The van der Waals surface area contributed by atoms with E-state index in [0.717, 1.165) is 0 Å². The van der Waals surface area contributed by atoms with E-state index in [1.165, 1.54) is 18.3 Å². The van der Waals surface area contributed by atoms with Crippen LogP contribution in [0, 0.1) is 6.92 Å². The van der Waals surface area contributed by atoms with E-state index in [9.17, 15) is 4.79 Å². The predicted octanol–water partition coefficient (Wildman–Crippen LogP) is 1.68. The molecular weight excluding hydrogens is 232 g/mol. The lowest BCUT2D eigenvalue weighted by molar-refractivity contribution is 0.0987. The third-order valence-electron chi connectivity index (χ3n) is 1.72. The molecule has 0 unspecified atom stereocenters. The molecule has 2 aromatic heterocycles. The summed E-state index contributed by atoms with van der Waals surface area (Å²) in [6, 6.07) is 3.05. The van der Waals surface area contributed by atoms with Crippen molar-refractivity contribution in [3.05, 3.63) is 35.1 Å². The molecule has 0 radical (unpaired) electrons. The van der Waals surface area contributed by atoms with Crippen LogP contribution in [0.4, 0.5) is 5.82 Å². The van der Waals surface area contributed by atoms with Crippen LogP contribution in [0.15, 0.2) is 22.9 Å². The minimum Gasteiger partial charge on any atom is -0.351 e. The van der Waals surface area contributed by atoms with Crippen LogP contribution in [0.1, 0.15) is 16.2 Å². The summed E-state index contributed by atoms with van der Waals surface area (Å²) >= 11 is 5.57. The number of hydrogen-bond donors (Lipinski definition) is 1. The van der Waals surface area contributed by atoms with Crippen molar-refractivity contribution in [2.45, 2.75) is 6.92 Å². The Morgan fingerprint density at radius 1 is 1.56 bits per heavy atom. The fourth-order valence-corrected chi connectivity index (χ4v) is 1.20. The van der Waals surface area contributed by atoms with Crippen molar-refractivity contribution >= 4 is 23.3 Å². The van der Waals surface area contributed by atoms with Crippen molar-refractivity contribution in [3.8, 4) is 0 Å². The van der Waals surface area contributed by atoms with Gasteiger partial charge in [-0.2, -0.15) is 0 Å². The van der Waals surface area contributed by atoms with Crippen LogP contribution in [0.2, 0.25) is 5.28 Å². The summed E-state index contributed by atoms with van der Waals surface area (Å²) in [5, 5.41) is 6.17. The molecule has 0 spiro atoms. The second-order valence-corrected chi connectivity index (χ2v) is 3.34. The third kappa shape index (κ3) is 2.34. The van der Waals surface area contributed by atoms with E-state index < -0.39 is 5.91 Å². The molecule has 0 saturated carbocycles. The van der Waals surface area contributed by atoms with E-state index in [4.69, 9.17) is 16.1 Å². The molecule has 1 amide bonds. The molecule has 82 valence electrons. The van der Waals surface area contributed by atoms with Gasteiger partial charge in [0.15, 0.2) is 0 Å². The van der Waals surface area contributed by atoms with Crippen LogP contribution in [0.25, 0.3) is 0 Å². The highest BCUT2D eigenvalue weighted by molar-refractivity contribution is 6.28. The monoisotopic (exact) mass is 238 g/mol. The zero-order valence-corrected chi connectivity index (χ0v) is 9.02. The van der Waals surface area contributed by atoms with Crippen molar-refractivity contribution in [3.63, 3.8) is 0 Å². The van der Waals surface area contributed by atoms with Gasteiger partial charge in [-0.05, 0) is 24.6 Å². The fraction of sp³-hybridized carbons (Fsp3) is 0.111. The van der Waals surface area contributed by atoms with Gasteiger partial charge in [-0.3, -0.25) is 4.79 Å². The van der Waals surface area contributed by atoms with Gasteiger partial charge in [-0.15, -0.1) is 0 Å². The highest BCUT2D eigenvalue weighted by atomic mass is 35.5. The Labute approximate surface area is 95.6 Å². The topological polar surface area (TPSA) is 80.9 Å². The number of rotatable bonds is 2. The second-order valence-electron chi connectivity index (χ2n) is 3.00. The van der Waals surface area contributed by atoms with Crippen LogP contribution < -0.4 is 5.32 Å². The van der Waals surface area contributed by atoms with Crippen molar-refractivity contribution in [2.75, 3.05) is 5.32 Å². The van der Waals surface area contributed by atoms with Crippen LogP contribution in [-0.2, 0) is 0 Å². The minimum atomic E-state index is -0.435. The van der Waals surface area contributed by atoms with Gasteiger partial charge in [-0.1, -0.05) is 5.16 Å². The Morgan fingerprint density at radius 2 is 2.38 bits per heavy atom. The average molecular weight is 239 g/mol. The molecule has 7 heteroatoms. The van der Waals surface area contributed by atoms with Crippen molar-refractivity contribution in [2.24, 2.45) is 0 Å². The normalized spacial score (nSPS) is 10.1. The number of aryl methyl sites for hydroxylation is 1. The number of nitrogens with one attached hydrogen (secondary N) is 1. The summed E-state index contributed by atoms with van der Waals surface area (Å²) in [7, 11) is 0. The number of carbonyl (C=O) groups is 1. The lowest BCUT2D eigenvalue weighted by atomic mass is 10.3. The first-order chi connectivity index (χ1) is 7.65. The van der Waals surface area contributed by atoms with Gasteiger partial charge in [-0.25, -0.2) is 9.97 Å². The van der Waals surface area contributed by atoms with E-state index >= 15 is 0 Å². The first kappa shape index (κ1) is 10.6. The molecule has 2 rings (SSSR count). The molecule has 0 aromatic carbocycles. The summed E-state index contributed by atoms with van der Waals surface area (Å²) < 4.78 is 4.79. The predicted molar refractivity (Wildman–Crippen MR) is 56.2 cm³/mol. The molecule has 0 aliphatic rings. The minimum absolute atomic E-state index is 0.0616. The van der Waals surface area contributed by atoms with Crippen LogP contribution >= 0.6 is 11.6 Å². The lowest BCUT2D eigenvalue weighted by Gasteiger charge is -2.00. The van der Waals surface area contributed by atoms with Gasteiger partial charge in [0.2, 0.25) is 11.0 Å². The van der Waals surface area contributed by atoms with Crippen LogP contribution in [0.3, 0.4) is 0 Å². The Balaban J connectivity index is 2.13. The van der Waals surface area contributed by atoms with Gasteiger partial charge >= 0.3 is 0 Å². The zero-order valence-electron chi connectivity index (χ0n) is 8.27. The Bertz CT molecular complexity index is 526. The van der Waals surface area contributed by atoms with Gasteiger partial charge < -0.3 is 9.84 Å². The summed E-state index contributed by atoms with van der Waals surface area (Å²) in [6.45, 7) is 1.72. The van der Waals surface area contributed by atoms with E-state index in [2.05, 4.69) is 20.4 Å². The number of halogens is 1. The number of nitrogens with zero attached hydrogens (tertiary/aromatic N) is 3. The van der Waals surface area contributed by atoms with Crippen molar-refractivity contribution in [1.82, 2.24) is 15.1 Å². The van der Waals surface area contributed by atoms with Crippen LogP contribution in [-0.4, -0.2) is 21.0 Å². The molecule has 0 aliphatic heterocycles. The highest BCUT2D eigenvalue weighted by Crippen LogP contribution is 2.09. The molecular formula is C9H7ClN4O2. The maximum atomic E-state index is 11.6. The quantitative estimate of drug-likeness (QED) is 0.805. The molecule has 2 heterocycles. The summed E-state index contributed by atoms with van der Waals surface area (Å²) in [5.41, 5.74) is 0.630. The SMILES string of the molecule is Cc1cc(C(=O)Nc2ccnc(Cl)n2)on1. The Hall–Kier alpha value is -1.95. The maximum absolute atomic E-state index is 11.6. The lowest BCUT2D eigenvalue weighted by Crippen LogP contribution is -2.12. The van der Waals surface area contributed by atoms with E-state index in [-0.39, 0.29) is 11.0 Å². The van der Waals surface area contributed by atoms with Crippen molar-refractivity contribution in [1.29, 1.82) is 0 Å². The van der Waals surface area contributed by atoms with Gasteiger partial charge in [0.1, 0.15) is 5.82 Å². The van der Waals surface area contributed by atoms with Gasteiger partial charge in [0.25, 0.3) is 5.91 Å². The molecule has 0 bridgehead atoms. The fourth-order valence-electron chi connectivity index (χ4n) is 1.05. The standard InChI is InChI=1S/C9H7ClN4O2/c1-5-4-6(16-14-5)8(15)12-7-2-3-11-9(10)13-7/h2-4H,1H3,(H,11,12,13,15). The van der Waals surface area contributed by atoms with Crippen molar-refractivity contribution < 1.29 is 9.32 Å². The molecule has 16 heavy (non-hydrogen) atoms. The van der Waals surface area contributed by atoms with E-state index in [1.807, 2.05) is 0 Å². The molecule has 0 aliphatic carbocycles.